The van der Waals surface area contributed by atoms with E-state index in [2.05, 4.69) is 142 Å². The van der Waals surface area contributed by atoms with Gasteiger partial charge in [-0.25, -0.2) is 0 Å². The lowest BCUT2D eigenvalue weighted by Gasteiger charge is -2.18. The lowest BCUT2D eigenvalue weighted by molar-refractivity contribution is -0.167. The molecule has 0 aliphatic rings. The van der Waals surface area contributed by atoms with E-state index in [1.54, 1.807) is 0 Å². The minimum absolute atomic E-state index is 0.0993. The van der Waals surface area contributed by atoms with Crippen molar-refractivity contribution in [3.63, 3.8) is 0 Å². The molecule has 74 heavy (non-hydrogen) atoms. The predicted molar refractivity (Wildman–Crippen MR) is 320 cm³/mol. The van der Waals surface area contributed by atoms with Gasteiger partial charge in [-0.05, 0) is 122 Å². The second-order valence-corrected chi connectivity index (χ2v) is 19.9. The van der Waals surface area contributed by atoms with Crippen molar-refractivity contribution in [1.29, 1.82) is 0 Å². The lowest BCUT2D eigenvalue weighted by Crippen LogP contribution is -2.30. The molecule has 0 aromatic carbocycles. The minimum atomic E-state index is -0.804. The van der Waals surface area contributed by atoms with Gasteiger partial charge in [0, 0.05) is 19.3 Å². The van der Waals surface area contributed by atoms with Crippen molar-refractivity contribution in [2.24, 2.45) is 0 Å². The van der Waals surface area contributed by atoms with Gasteiger partial charge in [-0.2, -0.15) is 0 Å². The van der Waals surface area contributed by atoms with Gasteiger partial charge in [0.05, 0.1) is 0 Å². The second-order valence-electron chi connectivity index (χ2n) is 19.9. The summed E-state index contributed by atoms with van der Waals surface area (Å²) in [4.78, 5) is 38.3. The maximum atomic E-state index is 12.9. The summed E-state index contributed by atoms with van der Waals surface area (Å²) in [7, 11) is 0. The van der Waals surface area contributed by atoms with E-state index in [-0.39, 0.29) is 31.1 Å². The van der Waals surface area contributed by atoms with Crippen LogP contribution in [0.3, 0.4) is 0 Å². The summed E-state index contributed by atoms with van der Waals surface area (Å²) in [6.45, 7) is 6.38. The van der Waals surface area contributed by atoms with E-state index in [1.807, 2.05) is 0 Å². The van der Waals surface area contributed by atoms with Crippen LogP contribution in [0.1, 0.15) is 271 Å². The first-order chi connectivity index (χ1) is 36.5. The van der Waals surface area contributed by atoms with E-state index >= 15 is 0 Å². The molecular formula is C68H112O6. The molecule has 0 aromatic rings. The van der Waals surface area contributed by atoms with Crippen molar-refractivity contribution in [3.05, 3.63) is 122 Å². The Kier molecular flexibility index (Phi) is 57.9. The van der Waals surface area contributed by atoms with Gasteiger partial charge in [-0.15, -0.1) is 0 Å². The maximum absolute atomic E-state index is 12.9. The molecular weight excluding hydrogens is 913 g/mol. The summed E-state index contributed by atoms with van der Waals surface area (Å²) in [6.07, 6.45) is 84.7. The van der Waals surface area contributed by atoms with Gasteiger partial charge in [0.15, 0.2) is 6.10 Å². The van der Waals surface area contributed by atoms with Crippen LogP contribution < -0.4 is 0 Å². The molecule has 0 amide bonds. The van der Waals surface area contributed by atoms with Gasteiger partial charge in [-0.1, -0.05) is 251 Å². The molecule has 1 atom stereocenters. The fourth-order valence-electron chi connectivity index (χ4n) is 8.18. The summed E-state index contributed by atoms with van der Waals surface area (Å²) in [6, 6.07) is 0. The molecule has 6 nitrogen and oxygen atoms in total. The fraction of sp³-hybridized carbons (Fsp3) is 0.662. The third-order valence-electron chi connectivity index (χ3n) is 12.7. The number of esters is 3. The van der Waals surface area contributed by atoms with Gasteiger partial charge >= 0.3 is 17.9 Å². The third-order valence-corrected chi connectivity index (χ3v) is 12.7. The van der Waals surface area contributed by atoms with Gasteiger partial charge in [0.25, 0.3) is 0 Å². The first-order valence-electron chi connectivity index (χ1n) is 30.6. The van der Waals surface area contributed by atoms with Gasteiger partial charge in [0.2, 0.25) is 0 Å². The average molecular weight is 1030 g/mol. The van der Waals surface area contributed by atoms with Crippen LogP contribution in [0.2, 0.25) is 0 Å². The number of hydrogen-bond acceptors (Lipinski definition) is 6. The molecule has 420 valence electrons. The Bertz CT molecular complexity index is 1550. The number of unbranched alkanes of at least 4 members (excludes halogenated alkanes) is 24. The normalized spacial score (nSPS) is 13.0. The van der Waals surface area contributed by atoms with E-state index in [9.17, 15) is 14.4 Å². The highest BCUT2D eigenvalue weighted by Crippen LogP contribution is 2.14. The number of carbonyl (C=O) groups is 3. The quantitative estimate of drug-likeness (QED) is 0.0199. The van der Waals surface area contributed by atoms with Crippen LogP contribution in [0.15, 0.2) is 122 Å². The van der Waals surface area contributed by atoms with Crippen LogP contribution >= 0.6 is 0 Å². The summed E-state index contributed by atoms with van der Waals surface area (Å²) in [5.41, 5.74) is 0. The number of rotatable bonds is 54. The van der Waals surface area contributed by atoms with Crippen molar-refractivity contribution < 1.29 is 28.6 Å². The Hall–Kier alpha value is -4.19. The molecule has 0 fully saturated rings. The van der Waals surface area contributed by atoms with Crippen molar-refractivity contribution in [3.8, 4) is 0 Å². The van der Waals surface area contributed by atoms with E-state index in [1.165, 1.54) is 77.0 Å². The van der Waals surface area contributed by atoms with E-state index in [0.29, 0.717) is 19.3 Å². The Morgan fingerprint density at radius 1 is 0.297 bits per heavy atom. The largest absolute Gasteiger partial charge is 0.462 e. The van der Waals surface area contributed by atoms with Crippen LogP contribution in [-0.2, 0) is 28.6 Å². The van der Waals surface area contributed by atoms with Crippen LogP contribution in [0, 0.1) is 0 Å². The molecule has 0 N–H and O–H groups in total. The molecule has 0 saturated carbocycles. The van der Waals surface area contributed by atoms with Crippen molar-refractivity contribution in [1.82, 2.24) is 0 Å². The molecule has 0 rings (SSSR count). The molecule has 0 spiro atoms. The standard InChI is InChI=1S/C68H112O6/c1-4-7-10-13-16-19-22-25-28-31-34-37-40-43-46-49-52-55-58-61-67(70)73-64-65(63-72-66(69)60-57-54-51-48-45-42-39-36-33-30-27-24-21-18-15-12-9-6-3)74-68(71)62-59-56-53-50-47-44-41-38-35-32-29-26-23-20-17-14-11-8-5-2/h7-8,10-11,16-17,19-20,25-26,28-30,33-39,65H,4-6,9,12-15,18,21-24,27,31-32,40-64H2,1-3H3/b10-7-,11-8-,19-16-,20-17-,28-25-,29-26-,33-30-,37-34-,38-35-,39-36-. The predicted octanol–water partition coefficient (Wildman–Crippen LogP) is 20.8. The monoisotopic (exact) mass is 1020 g/mol. The Morgan fingerprint density at radius 2 is 0.568 bits per heavy atom. The Labute approximate surface area is 456 Å². The highest BCUT2D eigenvalue weighted by molar-refractivity contribution is 5.71. The fourth-order valence-corrected chi connectivity index (χ4v) is 8.18. The number of hydrogen-bond donors (Lipinski definition) is 0. The van der Waals surface area contributed by atoms with Crippen LogP contribution in [-0.4, -0.2) is 37.2 Å². The van der Waals surface area contributed by atoms with E-state index < -0.39 is 6.10 Å². The second kappa shape index (κ2) is 61.4. The average Bonchev–Trinajstić information content (AvgIpc) is 3.40. The molecule has 0 bridgehead atoms. The first kappa shape index (κ1) is 69.8. The highest BCUT2D eigenvalue weighted by atomic mass is 16.6. The summed E-state index contributed by atoms with van der Waals surface area (Å²) >= 11 is 0. The van der Waals surface area contributed by atoms with Gasteiger partial charge in [0.1, 0.15) is 13.2 Å². The van der Waals surface area contributed by atoms with E-state index in [0.717, 1.165) is 154 Å². The number of ether oxygens (including phenoxy) is 3. The molecule has 0 heterocycles. The van der Waals surface area contributed by atoms with Crippen LogP contribution in [0.4, 0.5) is 0 Å². The first-order valence-corrected chi connectivity index (χ1v) is 30.6. The molecule has 0 aromatic heterocycles. The van der Waals surface area contributed by atoms with Gasteiger partial charge < -0.3 is 14.2 Å². The lowest BCUT2D eigenvalue weighted by atomic mass is 10.1. The Balaban J connectivity index is 4.49. The Morgan fingerprint density at radius 3 is 0.905 bits per heavy atom. The summed E-state index contributed by atoms with van der Waals surface area (Å²) in [5.74, 6) is -0.939. The zero-order valence-electron chi connectivity index (χ0n) is 48.1. The third kappa shape index (κ3) is 58.7. The molecule has 6 heteroatoms. The number of carbonyl (C=O) groups excluding carboxylic acids is 3. The zero-order chi connectivity index (χ0) is 53.6. The van der Waals surface area contributed by atoms with Crippen molar-refractivity contribution in [2.75, 3.05) is 13.2 Å². The smallest absolute Gasteiger partial charge is 0.306 e. The molecule has 0 radical (unpaired) electrons. The van der Waals surface area contributed by atoms with Crippen LogP contribution in [0.25, 0.3) is 0 Å². The molecule has 1 unspecified atom stereocenters. The molecule has 0 aliphatic heterocycles. The molecule has 0 aliphatic carbocycles. The van der Waals surface area contributed by atoms with E-state index in [4.69, 9.17) is 14.2 Å². The van der Waals surface area contributed by atoms with Crippen molar-refractivity contribution >= 4 is 17.9 Å². The highest BCUT2D eigenvalue weighted by Gasteiger charge is 2.19. The number of allylic oxidation sites excluding steroid dienone is 20. The zero-order valence-corrected chi connectivity index (χ0v) is 48.1. The SMILES string of the molecule is CC/C=C\C/C=C\C/C=C\C/C=C\CCCCCCCCC(=O)OCC(COC(=O)CCCCCCC/C=C\C=C/CCCCCCCCC)OC(=O)CCCCCCCC/C=C\C/C=C\C/C=C\C/C=C\CC. The van der Waals surface area contributed by atoms with Gasteiger partial charge in [-0.3, -0.25) is 14.4 Å². The topological polar surface area (TPSA) is 78.9 Å². The maximum Gasteiger partial charge on any atom is 0.306 e. The summed E-state index contributed by atoms with van der Waals surface area (Å²) in [5, 5.41) is 0. The van der Waals surface area contributed by atoms with Crippen LogP contribution in [0.5, 0.6) is 0 Å². The summed E-state index contributed by atoms with van der Waals surface area (Å²) < 4.78 is 16.9. The van der Waals surface area contributed by atoms with Crippen molar-refractivity contribution in [2.45, 2.75) is 277 Å². The minimum Gasteiger partial charge on any atom is -0.462 e. The molecule has 0 saturated heterocycles.